The van der Waals surface area contributed by atoms with Crippen LogP contribution in [0.15, 0.2) is 48.7 Å². The molecule has 0 aliphatic carbocycles. The van der Waals surface area contributed by atoms with Crippen LogP contribution in [0.2, 0.25) is 0 Å². The molecule has 1 aliphatic rings. The first kappa shape index (κ1) is 19.0. The smallest absolute Gasteiger partial charge is 0.329 e. The Balaban J connectivity index is 1.52. The monoisotopic (exact) mass is 388 g/mol. The van der Waals surface area contributed by atoms with E-state index in [2.05, 4.69) is 10.3 Å². The van der Waals surface area contributed by atoms with Crippen molar-refractivity contribution in [3.8, 4) is 17.4 Å². The number of carbonyl (C=O) groups is 2. The van der Waals surface area contributed by atoms with E-state index in [-0.39, 0.29) is 6.61 Å². The van der Waals surface area contributed by atoms with Crippen molar-refractivity contribution < 1.29 is 24.2 Å². The van der Waals surface area contributed by atoms with E-state index in [1.54, 1.807) is 54.4 Å². The first-order chi connectivity index (χ1) is 13.1. The lowest BCUT2D eigenvalue weighted by Gasteiger charge is -2.33. The van der Waals surface area contributed by atoms with Gasteiger partial charge in [0.15, 0.2) is 6.61 Å². The van der Waals surface area contributed by atoms with Crippen molar-refractivity contribution in [1.29, 1.82) is 0 Å². The summed E-state index contributed by atoms with van der Waals surface area (Å²) in [5, 5.41) is 12.1. The van der Waals surface area contributed by atoms with E-state index in [4.69, 9.17) is 9.47 Å². The van der Waals surface area contributed by atoms with Crippen LogP contribution in [0, 0.1) is 0 Å². The number of aromatic nitrogens is 1. The highest BCUT2D eigenvalue weighted by Crippen LogP contribution is 2.27. The van der Waals surface area contributed by atoms with Gasteiger partial charge in [-0.2, -0.15) is 11.8 Å². The van der Waals surface area contributed by atoms with E-state index in [9.17, 15) is 14.7 Å². The highest BCUT2D eigenvalue weighted by molar-refractivity contribution is 7.99. The molecule has 2 N–H and O–H groups in total. The second-order valence-corrected chi connectivity index (χ2v) is 7.30. The van der Waals surface area contributed by atoms with Gasteiger partial charge in [0, 0.05) is 12.3 Å². The minimum Gasteiger partial charge on any atom is -0.484 e. The molecule has 1 aromatic carbocycles. The van der Waals surface area contributed by atoms with Crippen molar-refractivity contribution in [3.05, 3.63) is 48.7 Å². The molecular formula is C19H20N2O5S. The van der Waals surface area contributed by atoms with Gasteiger partial charge >= 0.3 is 5.97 Å². The molecule has 0 atom stereocenters. The number of amides is 1. The maximum Gasteiger partial charge on any atom is 0.329 e. The molecule has 27 heavy (non-hydrogen) atoms. The quantitative estimate of drug-likeness (QED) is 0.752. The van der Waals surface area contributed by atoms with Gasteiger partial charge in [-0.1, -0.05) is 6.07 Å². The van der Waals surface area contributed by atoms with Gasteiger partial charge in [-0.05, 0) is 54.7 Å². The fraction of sp³-hybridized carbons (Fsp3) is 0.316. The lowest BCUT2D eigenvalue weighted by atomic mass is 9.92. The van der Waals surface area contributed by atoms with Crippen molar-refractivity contribution in [1.82, 2.24) is 10.3 Å². The van der Waals surface area contributed by atoms with Crippen LogP contribution in [0.5, 0.6) is 17.4 Å². The van der Waals surface area contributed by atoms with Gasteiger partial charge in [0.2, 0.25) is 5.88 Å². The molecule has 142 valence electrons. The summed E-state index contributed by atoms with van der Waals surface area (Å²) in [5.74, 6) is 1.55. The normalized spacial score (nSPS) is 15.6. The third kappa shape index (κ3) is 5.13. The first-order valence-corrected chi connectivity index (χ1v) is 9.67. The number of carboxylic acid groups (broad SMARTS) is 1. The third-order valence-electron chi connectivity index (χ3n) is 4.19. The van der Waals surface area contributed by atoms with Crippen molar-refractivity contribution in [2.24, 2.45) is 0 Å². The Morgan fingerprint density at radius 3 is 2.44 bits per heavy atom. The molecule has 1 aliphatic heterocycles. The maximum absolute atomic E-state index is 12.2. The molecular weight excluding hydrogens is 368 g/mol. The number of nitrogens with one attached hydrogen (secondary N) is 1. The summed E-state index contributed by atoms with van der Waals surface area (Å²) in [6.07, 6.45) is 2.47. The number of ether oxygens (including phenoxy) is 2. The predicted octanol–water partition coefficient (Wildman–Crippen LogP) is 2.72. The molecule has 3 rings (SSSR count). The lowest BCUT2D eigenvalue weighted by Crippen LogP contribution is -2.57. The van der Waals surface area contributed by atoms with Crippen molar-refractivity contribution in [2.75, 3.05) is 18.1 Å². The Hall–Kier alpha value is -2.74. The van der Waals surface area contributed by atoms with E-state index in [1.165, 1.54) is 0 Å². The summed E-state index contributed by atoms with van der Waals surface area (Å²) >= 11 is 1.69. The molecule has 1 aromatic heterocycles. The second kappa shape index (κ2) is 8.77. The number of thioether (sulfide) groups is 1. The van der Waals surface area contributed by atoms with Gasteiger partial charge in [0.1, 0.15) is 17.0 Å². The molecule has 1 fully saturated rings. The number of pyridine rings is 1. The molecule has 7 nitrogen and oxygen atoms in total. The summed E-state index contributed by atoms with van der Waals surface area (Å²) in [6.45, 7) is -0.247. The molecule has 0 saturated carbocycles. The van der Waals surface area contributed by atoms with E-state index in [0.29, 0.717) is 41.7 Å². The van der Waals surface area contributed by atoms with Crippen LogP contribution in [0.4, 0.5) is 0 Å². The zero-order valence-corrected chi connectivity index (χ0v) is 15.4. The maximum atomic E-state index is 12.2. The molecule has 8 heteroatoms. The Kier molecular flexibility index (Phi) is 6.18. The third-order valence-corrected chi connectivity index (χ3v) is 5.17. The molecule has 0 spiro atoms. The first-order valence-electron chi connectivity index (χ1n) is 8.51. The Morgan fingerprint density at radius 1 is 1.11 bits per heavy atom. The zero-order valence-electron chi connectivity index (χ0n) is 14.6. The molecule has 0 bridgehead atoms. The molecule has 1 saturated heterocycles. The number of carboxylic acids is 1. The van der Waals surface area contributed by atoms with Crippen LogP contribution >= 0.6 is 11.8 Å². The van der Waals surface area contributed by atoms with Crippen LogP contribution < -0.4 is 14.8 Å². The van der Waals surface area contributed by atoms with Gasteiger partial charge < -0.3 is 19.9 Å². The summed E-state index contributed by atoms with van der Waals surface area (Å²) < 4.78 is 11.0. The average Bonchev–Trinajstić information content (AvgIpc) is 2.69. The van der Waals surface area contributed by atoms with Gasteiger partial charge in [-0.3, -0.25) is 4.79 Å². The van der Waals surface area contributed by atoms with Gasteiger partial charge in [0.05, 0.1) is 0 Å². The largest absolute Gasteiger partial charge is 0.484 e. The van der Waals surface area contributed by atoms with E-state index in [0.717, 1.165) is 0 Å². The highest BCUT2D eigenvalue weighted by Gasteiger charge is 2.41. The van der Waals surface area contributed by atoms with Gasteiger partial charge in [-0.15, -0.1) is 0 Å². The average molecular weight is 388 g/mol. The number of carbonyl (C=O) groups excluding carboxylic acids is 1. The number of hydrogen-bond acceptors (Lipinski definition) is 6. The van der Waals surface area contributed by atoms with E-state index >= 15 is 0 Å². The summed E-state index contributed by atoms with van der Waals surface area (Å²) in [5.41, 5.74) is -1.19. The number of nitrogens with zero attached hydrogens (tertiary/aromatic N) is 1. The Morgan fingerprint density at radius 2 is 1.81 bits per heavy atom. The van der Waals surface area contributed by atoms with Gasteiger partial charge in [0.25, 0.3) is 5.91 Å². The topological polar surface area (TPSA) is 97.8 Å². The SMILES string of the molecule is O=C(COc1ccc(Oc2ccccn2)cc1)NC1(C(=O)O)CCSCC1. The molecule has 0 radical (unpaired) electrons. The Bertz CT molecular complexity index is 776. The lowest BCUT2D eigenvalue weighted by molar-refractivity contribution is -0.148. The van der Waals surface area contributed by atoms with Crippen molar-refractivity contribution in [2.45, 2.75) is 18.4 Å². The van der Waals surface area contributed by atoms with E-state index < -0.39 is 17.4 Å². The van der Waals surface area contributed by atoms with Crippen LogP contribution in [-0.2, 0) is 9.59 Å². The number of hydrogen-bond donors (Lipinski definition) is 2. The predicted molar refractivity (Wildman–Crippen MR) is 101 cm³/mol. The van der Waals surface area contributed by atoms with Crippen LogP contribution in [0.25, 0.3) is 0 Å². The summed E-state index contributed by atoms with van der Waals surface area (Å²) in [7, 11) is 0. The van der Waals surface area contributed by atoms with Crippen LogP contribution in [0.3, 0.4) is 0 Å². The van der Waals surface area contributed by atoms with E-state index in [1.807, 2.05) is 6.07 Å². The molecule has 1 amide bonds. The minimum absolute atomic E-state index is 0.247. The fourth-order valence-electron chi connectivity index (χ4n) is 2.70. The summed E-state index contributed by atoms with van der Waals surface area (Å²) in [6, 6.07) is 12.1. The number of aliphatic carboxylic acids is 1. The van der Waals surface area contributed by atoms with Crippen molar-refractivity contribution in [3.63, 3.8) is 0 Å². The number of rotatable bonds is 7. The summed E-state index contributed by atoms with van der Waals surface area (Å²) in [4.78, 5) is 27.8. The zero-order chi connectivity index (χ0) is 19.1. The van der Waals surface area contributed by atoms with Crippen LogP contribution in [0.1, 0.15) is 12.8 Å². The standard InChI is InChI=1S/C19H20N2O5S/c22-16(21-19(18(23)24)8-11-27-12-9-19)13-25-14-4-6-15(7-5-14)26-17-3-1-2-10-20-17/h1-7,10H,8-9,11-13H2,(H,21,22)(H,23,24). The molecule has 2 heterocycles. The highest BCUT2D eigenvalue weighted by atomic mass is 32.2. The van der Waals surface area contributed by atoms with Gasteiger partial charge in [-0.25, -0.2) is 9.78 Å². The molecule has 0 unspecified atom stereocenters. The Labute approximate surface area is 161 Å². The fourth-order valence-corrected chi connectivity index (χ4v) is 3.89. The van der Waals surface area contributed by atoms with Crippen LogP contribution in [-0.4, -0.2) is 45.6 Å². The minimum atomic E-state index is -1.19. The second-order valence-electron chi connectivity index (χ2n) is 6.08. The van der Waals surface area contributed by atoms with Crippen molar-refractivity contribution >= 4 is 23.6 Å². The number of benzene rings is 1. The molecule has 2 aromatic rings.